The molecule has 0 radical (unpaired) electrons. The van der Waals surface area contributed by atoms with Gasteiger partial charge in [-0.2, -0.15) is 0 Å². The lowest BCUT2D eigenvalue weighted by molar-refractivity contribution is 0.421. The van der Waals surface area contributed by atoms with Crippen LogP contribution in [0.2, 0.25) is 0 Å². The second-order valence-corrected chi connectivity index (χ2v) is 4.45. The minimum absolute atomic E-state index is 0.839. The maximum Gasteiger partial charge on any atom is 0.167 e. The van der Waals surface area contributed by atoms with Crippen molar-refractivity contribution in [2.75, 3.05) is 0 Å². The first kappa shape index (κ1) is 10.1. The lowest BCUT2D eigenvalue weighted by Crippen LogP contribution is -1.75. The van der Waals surface area contributed by atoms with Gasteiger partial charge < -0.3 is 4.52 Å². The molecular formula is C15H13NO. The molecule has 84 valence electrons. The van der Waals surface area contributed by atoms with Crippen LogP contribution in [-0.4, -0.2) is 5.16 Å². The third kappa shape index (κ3) is 1.62. The Morgan fingerprint density at radius 2 is 1.88 bits per heavy atom. The summed E-state index contributed by atoms with van der Waals surface area (Å²) in [5.41, 5.74) is 2.15. The minimum atomic E-state index is 0.839. The van der Waals surface area contributed by atoms with Crippen LogP contribution in [-0.2, 0) is 0 Å². The highest BCUT2D eigenvalue weighted by atomic mass is 16.5. The third-order valence-electron chi connectivity index (χ3n) is 2.82. The van der Waals surface area contributed by atoms with Crippen molar-refractivity contribution < 1.29 is 4.52 Å². The summed E-state index contributed by atoms with van der Waals surface area (Å²) < 4.78 is 5.41. The predicted octanol–water partition coefficient (Wildman–Crippen LogP) is 4.40. The van der Waals surface area contributed by atoms with Gasteiger partial charge in [0.2, 0.25) is 0 Å². The largest absolute Gasteiger partial charge is 0.356 e. The van der Waals surface area contributed by atoms with Crippen LogP contribution < -0.4 is 0 Å². The molecule has 1 heterocycles. The van der Waals surface area contributed by atoms with Crippen molar-refractivity contribution in [1.29, 1.82) is 0 Å². The van der Waals surface area contributed by atoms with Gasteiger partial charge in [0.25, 0.3) is 0 Å². The van der Waals surface area contributed by atoms with E-state index in [-0.39, 0.29) is 0 Å². The van der Waals surface area contributed by atoms with Gasteiger partial charge in [-0.25, -0.2) is 0 Å². The van der Waals surface area contributed by atoms with Gasteiger partial charge in [-0.05, 0) is 31.4 Å². The second-order valence-electron chi connectivity index (χ2n) is 4.45. The monoisotopic (exact) mass is 223 g/mol. The standard InChI is InChI=1S/C15H13NO/c1-10(2)9-14-13-8-7-11-5-3-4-6-12(11)15(13)16-17-14/h3-9H,1-2H3. The van der Waals surface area contributed by atoms with Gasteiger partial charge in [0.1, 0.15) is 5.52 Å². The predicted molar refractivity (Wildman–Crippen MR) is 70.8 cm³/mol. The first-order chi connectivity index (χ1) is 8.25. The smallest absolute Gasteiger partial charge is 0.167 e. The molecule has 3 aromatic rings. The molecule has 17 heavy (non-hydrogen) atoms. The zero-order valence-corrected chi connectivity index (χ0v) is 9.90. The fourth-order valence-corrected chi connectivity index (χ4v) is 2.06. The molecule has 1 aromatic heterocycles. The molecule has 0 fully saturated rings. The number of fused-ring (bicyclic) bond motifs is 3. The van der Waals surface area contributed by atoms with E-state index in [4.69, 9.17) is 4.52 Å². The van der Waals surface area contributed by atoms with Crippen LogP contribution in [0.3, 0.4) is 0 Å². The van der Waals surface area contributed by atoms with E-state index in [1.54, 1.807) is 0 Å². The van der Waals surface area contributed by atoms with E-state index in [9.17, 15) is 0 Å². The molecular weight excluding hydrogens is 210 g/mol. The molecule has 0 saturated carbocycles. The van der Waals surface area contributed by atoms with Crippen molar-refractivity contribution >= 4 is 27.8 Å². The van der Waals surface area contributed by atoms with Crippen LogP contribution in [0.5, 0.6) is 0 Å². The van der Waals surface area contributed by atoms with Crippen molar-refractivity contribution in [3.8, 4) is 0 Å². The van der Waals surface area contributed by atoms with Crippen LogP contribution >= 0.6 is 0 Å². The molecule has 0 saturated heterocycles. The molecule has 0 amide bonds. The maximum atomic E-state index is 5.41. The second kappa shape index (κ2) is 3.74. The zero-order valence-electron chi connectivity index (χ0n) is 9.90. The van der Waals surface area contributed by atoms with Crippen LogP contribution in [0.1, 0.15) is 19.6 Å². The lowest BCUT2D eigenvalue weighted by Gasteiger charge is -1.96. The Kier molecular flexibility index (Phi) is 2.22. The molecule has 0 N–H and O–H groups in total. The number of hydrogen-bond acceptors (Lipinski definition) is 2. The van der Waals surface area contributed by atoms with E-state index >= 15 is 0 Å². The lowest BCUT2D eigenvalue weighted by atomic mass is 10.1. The van der Waals surface area contributed by atoms with Gasteiger partial charge in [0.15, 0.2) is 5.76 Å². The number of rotatable bonds is 1. The average molecular weight is 223 g/mol. The summed E-state index contributed by atoms with van der Waals surface area (Å²) in [5, 5.41) is 7.59. The first-order valence-electron chi connectivity index (χ1n) is 5.68. The fourth-order valence-electron chi connectivity index (χ4n) is 2.06. The summed E-state index contributed by atoms with van der Waals surface area (Å²) in [6.45, 7) is 4.10. The summed E-state index contributed by atoms with van der Waals surface area (Å²) in [4.78, 5) is 0. The summed E-state index contributed by atoms with van der Waals surface area (Å²) in [6, 6.07) is 12.4. The molecule has 0 spiro atoms. The normalized spacial score (nSPS) is 10.9. The molecule has 0 aliphatic carbocycles. The molecule has 2 nitrogen and oxygen atoms in total. The van der Waals surface area contributed by atoms with Crippen LogP contribution in [0.15, 0.2) is 46.5 Å². The summed E-state index contributed by atoms with van der Waals surface area (Å²) in [5.74, 6) is 0.839. The number of allylic oxidation sites excluding steroid dienone is 1. The third-order valence-corrected chi connectivity index (χ3v) is 2.82. The molecule has 0 unspecified atom stereocenters. The van der Waals surface area contributed by atoms with E-state index in [1.165, 1.54) is 11.0 Å². The van der Waals surface area contributed by atoms with Crippen molar-refractivity contribution in [1.82, 2.24) is 5.16 Å². The SMILES string of the molecule is CC(C)=Cc1onc2c1ccc1ccccc12. The number of aromatic nitrogens is 1. The fraction of sp³-hybridized carbons (Fsp3) is 0.133. The molecule has 2 heteroatoms. The highest BCUT2D eigenvalue weighted by molar-refractivity contribution is 6.06. The highest BCUT2D eigenvalue weighted by Crippen LogP contribution is 2.27. The minimum Gasteiger partial charge on any atom is -0.356 e. The van der Waals surface area contributed by atoms with Gasteiger partial charge in [-0.15, -0.1) is 0 Å². The van der Waals surface area contributed by atoms with Gasteiger partial charge in [-0.1, -0.05) is 41.1 Å². The molecule has 2 aromatic carbocycles. The molecule has 0 atom stereocenters. The number of nitrogens with zero attached hydrogens (tertiary/aromatic N) is 1. The van der Waals surface area contributed by atoms with E-state index < -0.39 is 0 Å². The number of hydrogen-bond donors (Lipinski definition) is 0. The van der Waals surface area contributed by atoms with Crippen molar-refractivity contribution in [3.63, 3.8) is 0 Å². The Morgan fingerprint density at radius 1 is 1.06 bits per heavy atom. The summed E-state index contributed by atoms with van der Waals surface area (Å²) in [7, 11) is 0. The number of benzene rings is 2. The highest BCUT2D eigenvalue weighted by Gasteiger charge is 2.08. The van der Waals surface area contributed by atoms with E-state index in [1.807, 2.05) is 18.2 Å². The van der Waals surface area contributed by atoms with Crippen LogP contribution in [0.4, 0.5) is 0 Å². The van der Waals surface area contributed by atoms with Gasteiger partial charge in [-0.3, -0.25) is 0 Å². The Hall–Kier alpha value is -2.09. The van der Waals surface area contributed by atoms with E-state index in [0.717, 1.165) is 22.0 Å². The summed E-state index contributed by atoms with van der Waals surface area (Å²) >= 11 is 0. The van der Waals surface area contributed by atoms with Crippen molar-refractivity contribution in [3.05, 3.63) is 47.7 Å². The Bertz CT molecular complexity index is 718. The van der Waals surface area contributed by atoms with Crippen molar-refractivity contribution in [2.45, 2.75) is 13.8 Å². The Morgan fingerprint density at radius 3 is 2.71 bits per heavy atom. The Balaban J connectivity index is 2.39. The van der Waals surface area contributed by atoms with Crippen LogP contribution in [0.25, 0.3) is 27.8 Å². The maximum absolute atomic E-state index is 5.41. The molecule has 0 bridgehead atoms. The molecule has 3 rings (SSSR count). The van der Waals surface area contributed by atoms with E-state index in [0.29, 0.717) is 0 Å². The van der Waals surface area contributed by atoms with Gasteiger partial charge in [0, 0.05) is 10.8 Å². The molecule has 0 aliphatic heterocycles. The van der Waals surface area contributed by atoms with Gasteiger partial charge >= 0.3 is 0 Å². The zero-order chi connectivity index (χ0) is 11.8. The van der Waals surface area contributed by atoms with Crippen LogP contribution in [0, 0.1) is 0 Å². The van der Waals surface area contributed by atoms with Crippen molar-refractivity contribution in [2.24, 2.45) is 0 Å². The quantitative estimate of drug-likeness (QED) is 0.611. The summed E-state index contributed by atoms with van der Waals surface area (Å²) in [6.07, 6.45) is 2.02. The Labute approximate surface area is 99.5 Å². The molecule has 0 aliphatic rings. The first-order valence-corrected chi connectivity index (χ1v) is 5.68. The average Bonchev–Trinajstić information content (AvgIpc) is 2.72. The van der Waals surface area contributed by atoms with Gasteiger partial charge in [0.05, 0.1) is 0 Å². The topological polar surface area (TPSA) is 26.0 Å². The van der Waals surface area contributed by atoms with E-state index in [2.05, 4.69) is 43.3 Å².